The maximum absolute atomic E-state index is 12.6. The molecule has 3 heterocycles. The number of aryl methyl sites for hydroxylation is 1. The number of benzene rings is 1. The van der Waals surface area contributed by atoms with Crippen LogP contribution in [-0.4, -0.2) is 30.7 Å². The summed E-state index contributed by atoms with van der Waals surface area (Å²) in [5, 5.41) is 3.30. The second kappa shape index (κ2) is 10.8. The van der Waals surface area contributed by atoms with Gasteiger partial charge >= 0.3 is 0 Å². The number of nitrogens with one attached hydrogen (secondary N) is 2. The van der Waals surface area contributed by atoms with E-state index in [1.807, 2.05) is 30.6 Å². The van der Waals surface area contributed by atoms with Gasteiger partial charge in [0.2, 0.25) is 0 Å². The SMILES string of the molecule is O=C(NCc1cccc(CN(Cc2cnc[nH]2)C2CCCc3cccnc32)c1)c1ccncc1Cl. The number of hydrogen-bond acceptors (Lipinski definition) is 5. The summed E-state index contributed by atoms with van der Waals surface area (Å²) in [7, 11) is 0. The van der Waals surface area contributed by atoms with Crippen molar-refractivity contribution < 1.29 is 4.79 Å². The highest BCUT2D eigenvalue weighted by Gasteiger charge is 2.27. The third-order valence-electron chi connectivity index (χ3n) is 6.38. The van der Waals surface area contributed by atoms with Gasteiger partial charge in [-0.05, 0) is 48.1 Å². The maximum atomic E-state index is 12.6. The molecule has 0 bridgehead atoms. The molecule has 1 aliphatic carbocycles. The molecular formula is C27H27ClN6O. The van der Waals surface area contributed by atoms with Crippen molar-refractivity contribution in [1.29, 1.82) is 0 Å². The summed E-state index contributed by atoms with van der Waals surface area (Å²) in [5.74, 6) is -0.214. The van der Waals surface area contributed by atoms with E-state index >= 15 is 0 Å². The van der Waals surface area contributed by atoms with Crippen molar-refractivity contribution in [2.75, 3.05) is 0 Å². The number of halogens is 1. The fraction of sp³-hybridized carbons (Fsp3) is 0.259. The lowest BCUT2D eigenvalue weighted by molar-refractivity contribution is 0.0951. The summed E-state index contributed by atoms with van der Waals surface area (Å²) >= 11 is 6.11. The molecular weight excluding hydrogens is 460 g/mol. The number of nitrogens with zero attached hydrogens (tertiary/aromatic N) is 4. The van der Waals surface area contributed by atoms with Gasteiger partial charge in [-0.3, -0.25) is 19.7 Å². The summed E-state index contributed by atoms with van der Waals surface area (Å²) in [4.78, 5) is 31.2. The standard InChI is InChI=1S/C27H27ClN6O/c28-24-15-29-11-9-23(24)27(35)32-13-19-4-1-5-20(12-19)16-34(17-22-14-30-18-33-22)25-8-2-6-21-7-3-10-31-26(21)25/h1,3-5,7,9-12,14-15,18,25H,2,6,8,13,16-17H2,(H,30,33)(H,32,35). The molecule has 2 N–H and O–H groups in total. The van der Waals surface area contributed by atoms with Crippen LogP contribution in [0.5, 0.6) is 0 Å². The van der Waals surface area contributed by atoms with Crippen LogP contribution in [0.25, 0.3) is 0 Å². The Balaban J connectivity index is 1.33. The second-order valence-corrected chi connectivity index (χ2v) is 9.20. The lowest BCUT2D eigenvalue weighted by Gasteiger charge is -2.35. The van der Waals surface area contributed by atoms with Gasteiger partial charge < -0.3 is 10.3 Å². The molecule has 4 aromatic rings. The second-order valence-electron chi connectivity index (χ2n) is 8.80. The number of carbonyl (C=O) groups is 1. The predicted octanol–water partition coefficient (Wildman–Crippen LogP) is 4.86. The fourth-order valence-electron chi connectivity index (χ4n) is 4.72. The molecule has 1 atom stereocenters. The average molecular weight is 487 g/mol. The largest absolute Gasteiger partial charge is 0.348 e. The number of hydrogen-bond donors (Lipinski definition) is 2. The highest BCUT2D eigenvalue weighted by atomic mass is 35.5. The third-order valence-corrected chi connectivity index (χ3v) is 6.68. The molecule has 0 fully saturated rings. The minimum Gasteiger partial charge on any atom is -0.348 e. The van der Waals surface area contributed by atoms with Crippen molar-refractivity contribution in [3.8, 4) is 0 Å². The van der Waals surface area contributed by atoms with Gasteiger partial charge in [0.15, 0.2) is 0 Å². The van der Waals surface area contributed by atoms with E-state index in [1.54, 1.807) is 18.6 Å². The van der Waals surface area contributed by atoms with E-state index in [1.165, 1.54) is 23.0 Å². The third kappa shape index (κ3) is 5.58. The zero-order valence-electron chi connectivity index (χ0n) is 19.3. The minimum absolute atomic E-state index is 0.214. The van der Waals surface area contributed by atoms with Gasteiger partial charge in [-0.25, -0.2) is 4.98 Å². The van der Waals surface area contributed by atoms with E-state index < -0.39 is 0 Å². The van der Waals surface area contributed by atoms with Crippen LogP contribution in [0.4, 0.5) is 0 Å². The first kappa shape index (κ1) is 23.2. The molecule has 1 amide bonds. The number of imidazole rings is 1. The van der Waals surface area contributed by atoms with Crippen molar-refractivity contribution in [1.82, 2.24) is 30.2 Å². The molecule has 35 heavy (non-hydrogen) atoms. The van der Waals surface area contributed by atoms with Crippen LogP contribution in [0.15, 0.2) is 73.6 Å². The molecule has 7 nitrogen and oxygen atoms in total. The number of rotatable bonds is 8. The molecule has 0 spiro atoms. The van der Waals surface area contributed by atoms with Crippen molar-refractivity contribution in [3.05, 3.63) is 112 Å². The van der Waals surface area contributed by atoms with E-state index in [-0.39, 0.29) is 11.9 Å². The number of pyridine rings is 2. The number of H-pyrrole nitrogens is 1. The molecule has 0 aliphatic heterocycles. The summed E-state index contributed by atoms with van der Waals surface area (Å²) < 4.78 is 0. The molecule has 1 aliphatic rings. The number of amides is 1. The maximum Gasteiger partial charge on any atom is 0.253 e. The van der Waals surface area contributed by atoms with E-state index in [9.17, 15) is 4.79 Å². The number of aromatic amines is 1. The molecule has 0 saturated heterocycles. The highest BCUT2D eigenvalue weighted by Crippen LogP contribution is 2.34. The van der Waals surface area contributed by atoms with Crippen LogP contribution < -0.4 is 5.32 Å². The zero-order chi connectivity index (χ0) is 24.0. The van der Waals surface area contributed by atoms with Crippen LogP contribution in [0, 0.1) is 0 Å². The molecule has 1 aromatic carbocycles. The van der Waals surface area contributed by atoms with E-state index in [4.69, 9.17) is 16.6 Å². The Morgan fingerprint density at radius 2 is 2.00 bits per heavy atom. The molecule has 3 aromatic heterocycles. The Morgan fingerprint density at radius 3 is 2.86 bits per heavy atom. The fourth-order valence-corrected chi connectivity index (χ4v) is 4.92. The Kier molecular flexibility index (Phi) is 7.16. The summed E-state index contributed by atoms with van der Waals surface area (Å²) in [6.45, 7) is 1.93. The van der Waals surface area contributed by atoms with E-state index in [0.717, 1.165) is 43.6 Å². The first-order valence-corrected chi connectivity index (χ1v) is 12.2. The van der Waals surface area contributed by atoms with E-state index in [0.29, 0.717) is 17.1 Å². The molecule has 1 unspecified atom stereocenters. The van der Waals surface area contributed by atoms with Crippen molar-refractivity contribution >= 4 is 17.5 Å². The number of fused-ring (bicyclic) bond motifs is 1. The van der Waals surface area contributed by atoms with Crippen molar-refractivity contribution in [3.63, 3.8) is 0 Å². The molecule has 5 rings (SSSR count). The zero-order valence-corrected chi connectivity index (χ0v) is 20.1. The van der Waals surface area contributed by atoms with Gasteiger partial charge in [0.05, 0.1) is 28.6 Å². The Labute approximate surface area is 209 Å². The number of aromatic nitrogens is 4. The molecule has 0 saturated carbocycles. The van der Waals surface area contributed by atoms with Crippen LogP contribution in [0.3, 0.4) is 0 Å². The van der Waals surface area contributed by atoms with Crippen molar-refractivity contribution in [2.24, 2.45) is 0 Å². The van der Waals surface area contributed by atoms with Gasteiger partial charge in [-0.2, -0.15) is 0 Å². The molecule has 8 heteroatoms. The smallest absolute Gasteiger partial charge is 0.253 e. The summed E-state index contributed by atoms with van der Waals surface area (Å²) in [5.41, 5.74) is 6.23. The summed E-state index contributed by atoms with van der Waals surface area (Å²) in [6, 6.07) is 14.4. The highest BCUT2D eigenvalue weighted by molar-refractivity contribution is 6.33. The van der Waals surface area contributed by atoms with Crippen LogP contribution in [0.1, 0.15) is 57.3 Å². The molecule has 0 radical (unpaired) electrons. The van der Waals surface area contributed by atoms with E-state index in [2.05, 4.69) is 43.4 Å². The normalized spacial score (nSPS) is 15.1. The van der Waals surface area contributed by atoms with Crippen molar-refractivity contribution in [2.45, 2.75) is 44.9 Å². The minimum atomic E-state index is -0.214. The lowest BCUT2D eigenvalue weighted by Crippen LogP contribution is -2.31. The monoisotopic (exact) mass is 486 g/mol. The first-order chi connectivity index (χ1) is 17.2. The van der Waals surface area contributed by atoms with Gasteiger partial charge in [0, 0.05) is 50.1 Å². The quantitative estimate of drug-likeness (QED) is 0.371. The summed E-state index contributed by atoms with van der Waals surface area (Å²) in [6.07, 6.45) is 11.8. The Bertz CT molecular complexity index is 1290. The van der Waals surface area contributed by atoms with Crippen LogP contribution >= 0.6 is 11.6 Å². The van der Waals surface area contributed by atoms with Gasteiger partial charge in [-0.1, -0.05) is 41.9 Å². The Morgan fingerprint density at radius 1 is 1.09 bits per heavy atom. The Hall–Kier alpha value is -3.55. The van der Waals surface area contributed by atoms with Gasteiger partial charge in [0.25, 0.3) is 5.91 Å². The van der Waals surface area contributed by atoms with Gasteiger partial charge in [0.1, 0.15) is 0 Å². The first-order valence-electron chi connectivity index (χ1n) is 11.8. The molecule has 178 valence electrons. The predicted molar refractivity (Wildman–Crippen MR) is 135 cm³/mol. The average Bonchev–Trinajstić information content (AvgIpc) is 3.40. The number of carbonyl (C=O) groups excluding carboxylic acids is 1. The van der Waals surface area contributed by atoms with Gasteiger partial charge in [-0.15, -0.1) is 0 Å². The topological polar surface area (TPSA) is 86.8 Å². The lowest BCUT2D eigenvalue weighted by atomic mass is 9.90. The van der Waals surface area contributed by atoms with Crippen LogP contribution in [0.2, 0.25) is 5.02 Å². The van der Waals surface area contributed by atoms with Crippen LogP contribution in [-0.2, 0) is 26.1 Å².